The van der Waals surface area contributed by atoms with Crippen LogP contribution in [0, 0.1) is 6.92 Å². The largest absolute Gasteiger partial charge is 0.456 e. The van der Waals surface area contributed by atoms with Crippen LogP contribution in [0.2, 0.25) is 0 Å². The first-order valence-corrected chi connectivity index (χ1v) is 7.21. The van der Waals surface area contributed by atoms with Gasteiger partial charge in [-0.3, -0.25) is 10.1 Å². The SMILES string of the molecule is CCCCCc1nnc(NC(=O)c2ccc(C)o2)s1. The van der Waals surface area contributed by atoms with Gasteiger partial charge < -0.3 is 4.42 Å². The summed E-state index contributed by atoms with van der Waals surface area (Å²) in [5, 5.41) is 12.2. The van der Waals surface area contributed by atoms with Crippen LogP contribution in [-0.2, 0) is 6.42 Å². The predicted octanol–water partition coefficient (Wildman–Crippen LogP) is 3.42. The van der Waals surface area contributed by atoms with E-state index < -0.39 is 0 Å². The molecule has 0 unspecified atom stereocenters. The van der Waals surface area contributed by atoms with Gasteiger partial charge in [-0.25, -0.2) is 0 Å². The van der Waals surface area contributed by atoms with E-state index in [0.717, 1.165) is 17.8 Å². The van der Waals surface area contributed by atoms with Crippen molar-refractivity contribution in [1.82, 2.24) is 10.2 Å². The van der Waals surface area contributed by atoms with Crippen molar-refractivity contribution in [2.45, 2.75) is 39.5 Å². The van der Waals surface area contributed by atoms with E-state index in [9.17, 15) is 4.79 Å². The number of carbonyl (C=O) groups excluding carboxylic acids is 1. The molecule has 0 radical (unpaired) electrons. The maximum absolute atomic E-state index is 11.8. The molecule has 0 fully saturated rings. The highest BCUT2D eigenvalue weighted by Crippen LogP contribution is 2.18. The Hall–Kier alpha value is -1.69. The fourth-order valence-electron chi connectivity index (χ4n) is 1.65. The van der Waals surface area contributed by atoms with Gasteiger partial charge in [0, 0.05) is 6.42 Å². The van der Waals surface area contributed by atoms with Gasteiger partial charge in [-0.2, -0.15) is 0 Å². The number of nitrogens with one attached hydrogen (secondary N) is 1. The number of hydrogen-bond donors (Lipinski definition) is 1. The van der Waals surface area contributed by atoms with E-state index in [0.29, 0.717) is 16.7 Å². The van der Waals surface area contributed by atoms with E-state index in [4.69, 9.17) is 4.42 Å². The standard InChI is InChI=1S/C13H17N3O2S/c1-3-4-5-6-11-15-16-13(19-11)14-12(17)10-8-7-9(2)18-10/h7-8H,3-6H2,1-2H3,(H,14,16,17). The molecule has 0 aliphatic carbocycles. The van der Waals surface area contributed by atoms with Crippen molar-refractivity contribution in [1.29, 1.82) is 0 Å². The number of hydrogen-bond acceptors (Lipinski definition) is 5. The quantitative estimate of drug-likeness (QED) is 0.823. The molecule has 5 nitrogen and oxygen atoms in total. The first-order valence-electron chi connectivity index (χ1n) is 6.39. The third-order valence-corrected chi connectivity index (χ3v) is 3.54. The zero-order valence-corrected chi connectivity index (χ0v) is 11.9. The summed E-state index contributed by atoms with van der Waals surface area (Å²) in [6, 6.07) is 3.40. The topological polar surface area (TPSA) is 68.0 Å². The number of amides is 1. The van der Waals surface area contributed by atoms with Gasteiger partial charge in [-0.1, -0.05) is 31.1 Å². The average molecular weight is 279 g/mol. The lowest BCUT2D eigenvalue weighted by atomic mass is 10.2. The predicted molar refractivity (Wildman–Crippen MR) is 74.5 cm³/mol. The van der Waals surface area contributed by atoms with Crippen LogP contribution in [0.5, 0.6) is 0 Å². The maximum Gasteiger partial charge on any atom is 0.293 e. The lowest BCUT2D eigenvalue weighted by Crippen LogP contribution is -2.10. The van der Waals surface area contributed by atoms with Crippen molar-refractivity contribution in [3.63, 3.8) is 0 Å². The van der Waals surface area contributed by atoms with Crippen LogP contribution in [0.15, 0.2) is 16.5 Å². The Morgan fingerprint density at radius 1 is 1.37 bits per heavy atom. The summed E-state index contributed by atoms with van der Waals surface area (Å²) in [7, 11) is 0. The molecule has 0 aliphatic rings. The first kappa shape index (κ1) is 13.7. The highest BCUT2D eigenvalue weighted by atomic mass is 32.1. The van der Waals surface area contributed by atoms with Crippen LogP contribution in [0.25, 0.3) is 0 Å². The molecule has 2 rings (SSSR count). The summed E-state index contributed by atoms with van der Waals surface area (Å²) in [6.45, 7) is 3.96. The third kappa shape index (κ3) is 3.89. The smallest absolute Gasteiger partial charge is 0.293 e. The molecule has 2 aromatic heterocycles. The lowest BCUT2D eigenvalue weighted by Gasteiger charge is -1.96. The molecule has 2 heterocycles. The van der Waals surface area contributed by atoms with Gasteiger partial charge in [0.05, 0.1) is 0 Å². The highest BCUT2D eigenvalue weighted by molar-refractivity contribution is 7.15. The van der Waals surface area contributed by atoms with Gasteiger partial charge in [0.25, 0.3) is 5.91 Å². The Morgan fingerprint density at radius 3 is 2.89 bits per heavy atom. The summed E-state index contributed by atoms with van der Waals surface area (Å²) in [4.78, 5) is 11.8. The molecule has 0 aliphatic heterocycles. The van der Waals surface area contributed by atoms with Crippen LogP contribution in [-0.4, -0.2) is 16.1 Å². The summed E-state index contributed by atoms with van der Waals surface area (Å²) < 4.78 is 5.25. The number of anilines is 1. The summed E-state index contributed by atoms with van der Waals surface area (Å²) in [5.41, 5.74) is 0. The zero-order valence-electron chi connectivity index (χ0n) is 11.1. The second-order valence-electron chi connectivity index (χ2n) is 4.32. The molecule has 1 N–H and O–H groups in total. The minimum Gasteiger partial charge on any atom is -0.456 e. The first-order chi connectivity index (χ1) is 9.19. The fourth-order valence-corrected chi connectivity index (χ4v) is 2.42. The van der Waals surface area contributed by atoms with E-state index in [1.54, 1.807) is 19.1 Å². The Balaban J connectivity index is 1.90. The van der Waals surface area contributed by atoms with Crippen molar-refractivity contribution >= 4 is 22.4 Å². The number of carbonyl (C=O) groups is 1. The van der Waals surface area contributed by atoms with E-state index >= 15 is 0 Å². The average Bonchev–Trinajstić information content (AvgIpc) is 2.99. The van der Waals surface area contributed by atoms with E-state index in [2.05, 4.69) is 22.4 Å². The molecule has 2 aromatic rings. The van der Waals surface area contributed by atoms with E-state index in [1.807, 2.05) is 0 Å². The summed E-state index contributed by atoms with van der Waals surface area (Å²) >= 11 is 1.42. The van der Waals surface area contributed by atoms with Crippen LogP contribution >= 0.6 is 11.3 Å². The third-order valence-electron chi connectivity index (χ3n) is 2.65. The van der Waals surface area contributed by atoms with Crippen molar-refractivity contribution in [2.75, 3.05) is 5.32 Å². The molecule has 0 saturated carbocycles. The second kappa shape index (κ2) is 6.47. The highest BCUT2D eigenvalue weighted by Gasteiger charge is 2.13. The number of furan rings is 1. The molecule has 1 amide bonds. The molecule has 6 heteroatoms. The number of unbranched alkanes of at least 4 members (excludes halogenated alkanes) is 2. The Labute approximate surface area is 116 Å². The van der Waals surface area contributed by atoms with Crippen LogP contribution in [0.1, 0.15) is 47.5 Å². The zero-order chi connectivity index (χ0) is 13.7. The Bertz CT molecular complexity index is 548. The van der Waals surface area contributed by atoms with Gasteiger partial charge in [0.2, 0.25) is 5.13 Å². The van der Waals surface area contributed by atoms with Gasteiger partial charge in [0.1, 0.15) is 10.8 Å². The fraction of sp³-hybridized carbons (Fsp3) is 0.462. The molecular formula is C13H17N3O2S. The molecule has 0 bridgehead atoms. The monoisotopic (exact) mass is 279 g/mol. The molecule has 0 aromatic carbocycles. The lowest BCUT2D eigenvalue weighted by molar-refractivity contribution is 0.0995. The second-order valence-corrected chi connectivity index (χ2v) is 5.38. The minimum absolute atomic E-state index is 0.288. The molecule has 0 saturated heterocycles. The Kier molecular flexibility index (Phi) is 4.68. The van der Waals surface area contributed by atoms with Gasteiger partial charge in [0.15, 0.2) is 5.76 Å². The Morgan fingerprint density at radius 2 is 2.21 bits per heavy atom. The number of aryl methyl sites for hydroxylation is 2. The van der Waals surface area contributed by atoms with Crippen LogP contribution in [0.3, 0.4) is 0 Å². The van der Waals surface area contributed by atoms with Crippen LogP contribution in [0.4, 0.5) is 5.13 Å². The molecular weight excluding hydrogens is 262 g/mol. The van der Waals surface area contributed by atoms with Crippen molar-refractivity contribution in [2.24, 2.45) is 0 Å². The van der Waals surface area contributed by atoms with Gasteiger partial charge in [-0.05, 0) is 25.5 Å². The van der Waals surface area contributed by atoms with E-state index in [1.165, 1.54) is 24.2 Å². The van der Waals surface area contributed by atoms with Crippen molar-refractivity contribution < 1.29 is 9.21 Å². The maximum atomic E-state index is 11.8. The molecule has 102 valence electrons. The van der Waals surface area contributed by atoms with Crippen LogP contribution < -0.4 is 5.32 Å². The normalized spacial score (nSPS) is 10.6. The van der Waals surface area contributed by atoms with Gasteiger partial charge in [-0.15, -0.1) is 10.2 Å². The minimum atomic E-state index is -0.288. The molecule has 0 atom stereocenters. The summed E-state index contributed by atoms with van der Waals surface area (Å²) in [5.74, 6) is 0.715. The molecule has 0 spiro atoms. The van der Waals surface area contributed by atoms with E-state index in [-0.39, 0.29) is 5.91 Å². The number of rotatable bonds is 6. The van der Waals surface area contributed by atoms with Crippen molar-refractivity contribution in [3.05, 3.63) is 28.7 Å². The number of nitrogens with zero attached hydrogens (tertiary/aromatic N) is 2. The summed E-state index contributed by atoms with van der Waals surface area (Å²) in [6.07, 6.45) is 4.39. The van der Waals surface area contributed by atoms with Gasteiger partial charge >= 0.3 is 0 Å². The molecule has 19 heavy (non-hydrogen) atoms. The number of aromatic nitrogens is 2. The van der Waals surface area contributed by atoms with Crippen molar-refractivity contribution in [3.8, 4) is 0 Å².